The molecule has 0 radical (unpaired) electrons. The van der Waals surface area contributed by atoms with Crippen LogP contribution in [-0.2, 0) is 14.3 Å². The van der Waals surface area contributed by atoms with Crippen LogP contribution in [0.5, 0.6) is 11.5 Å². The minimum absolute atomic E-state index is 0.421. The van der Waals surface area contributed by atoms with Crippen molar-refractivity contribution in [1.82, 2.24) is 0 Å². The molecule has 1 N–H and O–H groups in total. The summed E-state index contributed by atoms with van der Waals surface area (Å²) in [5.41, 5.74) is 1.21. The van der Waals surface area contributed by atoms with Gasteiger partial charge in [0.05, 0.1) is 19.9 Å². The number of amides is 1. The van der Waals surface area contributed by atoms with Crippen LogP contribution in [0.15, 0.2) is 48.5 Å². The van der Waals surface area contributed by atoms with Gasteiger partial charge in [-0.2, -0.15) is 0 Å². The Balaban J connectivity index is 1.88. The molecular formula is C19H18ClNO5. The summed E-state index contributed by atoms with van der Waals surface area (Å²) in [5.74, 6) is -0.102. The highest BCUT2D eigenvalue weighted by Crippen LogP contribution is 2.28. The van der Waals surface area contributed by atoms with Crippen molar-refractivity contribution >= 4 is 35.2 Å². The molecule has 0 aliphatic heterocycles. The molecule has 26 heavy (non-hydrogen) atoms. The van der Waals surface area contributed by atoms with E-state index in [1.807, 2.05) is 0 Å². The number of carbonyl (C=O) groups is 2. The SMILES string of the molecule is COc1ccc(OC)c(NC(=O)COC(=O)/C=C/c2ccc(Cl)cc2)c1. The first-order chi connectivity index (χ1) is 12.5. The van der Waals surface area contributed by atoms with Crippen LogP contribution in [0.2, 0.25) is 5.02 Å². The molecule has 0 aromatic heterocycles. The first-order valence-electron chi connectivity index (χ1n) is 7.64. The van der Waals surface area contributed by atoms with E-state index in [-0.39, 0.29) is 0 Å². The van der Waals surface area contributed by atoms with E-state index >= 15 is 0 Å². The molecule has 6 nitrogen and oxygen atoms in total. The Bertz CT molecular complexity index is 802. The van der Waals surface area contributed by atoms with Crippen molar-refractivity contribution < 1.29 is 23.8 Å². The lowest BCUT2D eigenvalue weighted by molar-refractivity contribution is -0.142. The van der Waals surface area contributed by atoms with Crippen molar-refractivity contribution in [2.75, 3.05) is 26.1 Å². The third-order valence-electron chi connectivity index (χ3n) is 3.31. The zero-order valence-electron chi connectivity index (χ0n) is 14.3. The summed E-state index contributed by atoms with van der Waals surface area (Å²) in [7, 11) is 3.00. The maximum Gasteiger partial charge on any atom is 0.331 e. The molecule has 2 aromatic rings. The Kier molecular flexibility index (Phi) is 7.05. The van der Waals surface area contributed by atoms with Crippen LogP contribution in [0.25, 0.3) is 6.08 Å². The highest BCUT2D eigenvalue weighted by molar-refractivity contribution is 6.30. The third kappa shape index (κ3) is 5.82. The van der Waals surface area contributed by atoms with Gasteiger partial charge in [0.1, 0.15) is 11.5 Å². The minimum atomic E-state index is -0.632. The van der Waals surface area contributed by atoms with E-state index in [1.165, 1.54) is 20.3 Å². The molecule has 2 rings (SSSR count). The van der Waals surface area contributed by atoms with Gasteiger partial charge in [0.15, 0.2) is 6.61 Å². The quantitative estimate of drug-likeness (QED) is 0.591. The second kappa shape index (κ2) is 9.48. The summed E-state index contributed by atoms with van der Waals surface area (Å²) in [6.45, 7) is -0.426. The zero-order chi connectivity index (χ0) is 18.9. The van der Waals surface area contributed by atoms with Gasteiger partial charge < -0.3 is 19.5 Å². The van der Waals surface area contributed by atoms with Gasteiger partial charge in [-0.1, -0.05) is 23.7 Å². The smallest absolute Gasteiger partial charge is 0.331 e. The Hall–Kier alpha value is -2.99. The predicted octanol–water partition coefficient (Wildman–Crippen LogP) is 3.55. The van der Waals surface area contributed by atoms with Crippen molar-refractivity contribution in [2.45, 2.75) is 0 Å². The van der Waals surface area contributed by atoms with E-state index in [1.54, 1.807) is 48.5 Å². The predicted molar refractivity (Wildman–Crippen MR) is 99.6 cm³/mol. The van der Waals surface area contributed by atoms with Gasteiger partial charge in [0, 0.05) is 17.2 Å². The lowest BCUT2D eigenvalue weighted by atomic mass is 10.2. The Labute approximate surface area is 156 Å². The molecule has 0 unspecified atom stereocenters. The minimum Gasteiger partial charge on any atom is -0.497 e. The summed E-state index contributed by atoms with van der Waals surface area (Å²) < 4.78 is 15.2. The van der Waals surface area contributed by atoms with E-state index in [0.29, 0.717) is 22.2 Å². The molecule has 2 aromatic carbocycles. The number of rotatable bonds is 7. The monoisotopic (exact) mass is 375 g/mol. The van der Waals surface area contributed by atoms with E-state index in [4.69, 9.17) is 25.8 Å². The molecule has 0 bridgehead atoms. The number of esters is 1. The molecule has 0 saturated carbocycles. The molecule has 136 valence electrons. The number of hydrogen-bond acceptors (Lipinski definition) is 5. The molecule has 0 atom stereocenters. The van der Waals surface area contributed by atoms with E-state index in [0.717, 1.165) is 5.56 Å². The van der Waals surface area contributed by atoms with Crippen molar-refractivity contribution in [3.63, 3.8) is 0 Å². The average molecular weight is 376 g/mol. The van der Waals surface area contributed by atoms with Gasteiger partial charge in [-0.25, -0.2) is 4.79 Å². The molecule has 1 amide bonds. The first kappa shape index (κ1) is 19.3. The van der Waals surface area contributed by atoms with Gasteiger partial charge in [-0.15, -0.1) is 0 Å². The summed E-state index contributed by atoms with van der Waals surface area (Å²) >= 11 is 5.79. The topological polar surface area (TPSA) is 73.9 Å². The standard InChI is InChI=1S/C19H18ClNO5/c1-24-15-8-9-17(25-2)16(11-15)21-18(22)12-26-19(23)10-5-13-3-6-14(20)7-4-13/h3-11H,12H2,1-2H3,(H,21,22)/b10-5+. The molecule has 7 heteroatoms. The van der Waals surface area contributed by atoms with E-state index in [2.05, 4.69) is 5.32 Å². The van der Waals surface area contributed by atoms with Gasteiger partial charge in [-0.05, 0) is 35.9 Å². The number of halogens is 1. The van der Waals surface area contributed by atoms with Crippen LogP contribution in [-0.4, -0.2) is 32.7 Å². The molecule has 0 saturated heterocycles. The number of nitrogens with one attached hydrogen (secondary N) is 1. The number of benzene rings is 2. The van der Waals surface area contributed by atoms with Crippen LogP contribution in [0.3, 0.4) is 0 Å². The summed E-state index contributed by atoms with van der Waals surface area (Å²) in [4.78, 5) is 23.7. The molecule has 0 fully saturated rings. The first-order valence-corrected chi connectivity index (χ1v) is 8.02. The Morgan fingerprint density at radius 1 is 1.08 bits per heavy atom. The lowest BCUT2D eigenvalue weighted by Crippen LogP contribution is -2.20. The Morgan fingerprint density at radius 3 is 2.46 bits per heavy atom. The van der Waals surface area contributed by atoms with Gasteiger partial charge in [0.2, 0.25) is 0 Å². The number of hydrogen-bond donors (Lipinski definition) is 1. The highest BCUT2D eigenvalue weighted by Gasteiger charge is 2.10. The second-order valence-corrected chi connectivity index (χ2v) is 5.54. The molecule has 0 aliphatic carbocycles. The summed E-state index contributed by atoms with van der Waals surface area (Å²) in [5, 5.41) is 3.22. The second-order valence-electron chi connectivity index (χ2n) is 5.11. The van der Waals surface area contributed by atoms with Gasteiger partial charge >= 0.3 is 5.97 Å². The number of anilines is 1. The summed E-state index contributed by atoms with van der Waals surface area (Å²) in [6, 6.07) is 11.9. The number of methoxy groups -OCH3 is 2. The van der Waals surface area contributed by atoms with Crippen LogP contribution in [0.1, 0.15) is 5.56 Å². The van der Waals surface area contributed by atoms with Crippen molar-refractivity contribution in [3.8, 4) is 11.5 Å². The third-order valence-corrected chi connectivity index (χ3v) is 3.56. The zero-order valence-corrected chi connectivity index (χ0v) is 15.1. The maximum absolute atomic E-state index is 12.0. The highest BCUT2D eigenvalue weighted by atomic mass is 35.5. The maximum atomic E-state index is 12.0. The van der Waals surface area contributed by atoms with Crippen molar-refractivity contribution in [1.29, 1.82) is 0 Å². The fourth-order valence-electron chi connectivity index (χ4n) is 2.02. The molecule has 0 heterocycles. The Morgan fingerprint density at radius 2 is 1.81 bits per heavy atom. The lowest BCUT2D eigenvalue weighted by Gasteiger charge is -2.11. The normalized spacial score (nSPS) is 10.4. The number of ether oxygens (including phenoxy) is 3. The van der Waals surface area contributed by atoms with Crippen molar-refractivity contribution in [3.05, 3.63) is 59.1 Å². The van der Waals surface area contributed by atoms with Crippen LogP contribution in [0, 0.1) is 0 Å². The molecule has 0 spiro atoms. The average Bonchev–Trinajstić information content (AvgIpc) is 2.65. The van der Waals surface area contributed by atoms with Gasteiger partial charge in [0.25, 0.3) is 5.91 Å². The largest absolute Gasteiger partial charge is 0.497 e. The van der Waals surface area contributed by atoms with E-state index in [9.17, 15) is 9.59 Å². The van der Waals surface area contributed by atoms with Crippen molar-refractivity contribution in [2.24, 2.45) is 0 Å². The number of carbonyl (C=O) groups excluding carboxylic acids is 2. The van der Waals surface area contributed by atoms with Crippen LogP contribution < -0.4 is 14.8 Å². The fraction of sp³-hybridized carbons (Fsp3) is 0.158. The van der Waals surface area contributed by atoms with Crippen LogP contribution in [0.4, 0.5) is 5.69 Å². The van der Waals surface area contributed by atoms with Gasteiger partial charge in [-0.3, -0.25) is 4.79 Å². The summed E-state index contributed by atoms with van der Waals surface area (Å²) in [6.07, 6.45) is 2.81. The fourth-order valence-corrected chi connectivity index (χ4v) is 2.15. The van der Waals surface area contributed by atoms with Crippen LogP contribution >= 0.6 is 11.6 Å². The van der Waals surface area contributed by atoms with E-state index < -0.39 is 18.5 Å². The molecular weight excluding hydrogens is 358 g/mol. The molecule has 0 aliphatic rings.